The van der Waals surface area contributed by atoms with Crippen LogP contribution in [0, 0.1) is 5.92 Å². The molecule has 58 valence electrons. The highest BCUT2D eigenvalue weighted by Crippen LogP contribution is 2.29. The maximum absolute atomic E-state index is 10.5. The molecule has 1 N–H and O–H groups in total. The van der Waals surface area contributed by atoms with E-state index in [9.17, 15) is 4.79 Å². The fourth-order valence-corrected chi connectivity index (χ4v) is 2.18. The lowest BCUT2D eigenvalue weighted by molar-refractivity contribution is -0.142. The van der Waals surface area contributed by atoms with Crippen molar-refractivity contribution in [3.05, 3.63) is 0 Å². The van der Waals surface area contributed by atoms with Gasteiger partial charge in [0.1, 0.15) is 0 Å². The summed E-state index contributed by atoms with van der Waals surface area (Å²) in [5.41, 5.74) is 0. The Labute approximate surface area is 68.7 Å². The minimum atomic E-state index is -0.651. The van der Waals surface area contributed by atoms with Gasteiger partial charge in [0.05, 0.1) is 5.92 Å². The van der Waals surface area contributed by atoms with E-state index in [2.05, 4.69) is 15.9 Å². The Morgan fingerprint density at radius 2 is 2.00 bits per heavy atom. The van der Waals surface area contributed by atoms with E-state index in [0.29, 0.717) is 0 Å². The lowest BCUT2D eigenvalue weighted by Gasteiger charge is -2.23. The second kappa shape index (κ2) is 3.37. The predicted molar refractivity (Wildman–Crippen MR) is 42.3 cm³/mol. The monoisotopic (exact) mass is 206 g/mol. The Bertz CT molecular complexity index is 136. The average Bonchev–Trinajstić information content (AvgIpc) is 1.88. The fourth-order valence-electron chi connectivity index (χ4n) is 1.36. The van der Waals surface area contributed by atoms with Gasteiger partial charge in [-0.3, -0.25) is 4.79 Å². The Kier molecular flexibility index (Phi) is 2.72. The Balaban J connectivity index is 2.47. The topological polar surface area (TPSA) is 37.3 Å². The van der Waals surface area contributed by atoms with Crippen LogP contribution in [0.3, 0.4) is 0 Å². The van der Waals surface area contributed by atoms with Crippen LogP contribution < -0.4 is 0 Å². The normalized spacial score (nSPS) is 33.7. The van der Waals surface area contributed by atoms with Crippen molar-refractivity contribution in [1.82, 2.24) is 0 Å². The van der Waals surface area contributed by atoms with Crippen molar-refractivity contribution in [2.75, 3.05) is 0 Å². The molecular formula is C7H11BrO2. The molecule has 1 aliphatic rings. The fraction of sp³-hybridized carbons (Fsp3) is 0.857. The van der Waals surface area contributed by atoms with Gasteiger partial charge in [-0.15, -0.1) is 0 Å². The molecule has 2 nitrogen and oxygen atoms in total. The van der Waals surface area contributed by atoms with Gasteiger partial charge in [0.2, 0.25) is 0 Å². The number of alkyl halides is 1. The molecule has 1 aliphatic carbocycles. The summed E-state index contributed by atoms with van der Waals surface area (Å²) in [6.45, 7) is 0. The lowest BCUT2D eigenvalue weighted by atomic mass is 9.89. The standard InChI is InChI=1S/C7H11BrO2/c8-6-4-2-1-3-5(6)7(9)10/h5-6H,1-4H2,(H,9,10). The van der Waals surface area contributed by atoms with E-state index < -0.39 is 5.97 Å². The summed E-state index contributed by atoms with van der Waals surface area (Å²) in [6, 6.07) is 0. The van der Waals surface area contributed by atoms with Gasteiger partial charge >= 0.3 is 5.97 Å². The number of carboxylic acids is 1. The maximum atomic E-state index is 10.5. The van der Waals surface area contributed by atoms with Gasteiger partial charge in [-0.1, -0.05) is 28.8 Å². The highest BCUT2D eigenvalue weighted by Gasteiger charge is 2.28. The first-order valence-electron chi connectivity index (χ1n) is 3.58. The van der Waals surface area contributed by atoms with Crippen molar-refractivity contribution in [1.29, 1.82) is 0 Å². The number of halogens is 1. The Morgan fingerprint density at radius 1 is 1.40 bits per heavy atom. The third-order valence-electron chi connectivity index (χ3n) is 2.00. The van der Waals surface area contributed by atoms with Crippen molar-refractivity contribution >= 4 is 21.9 Å². The van der Waals surface area contributed by atoms with Crippen molar-refractivity contribution in [3.63, 3.8) is 0 Å². The van der Waals surface area contributed by atoms with Crippen LogP contribution >= 0.6 is 15.9 Å². The van der Waals surface area contributed by atoms with Gasteiger partial charge in [0.15, 0.2) is 0 Å². The van der Waals surface area contributed by atoms with Gasteiger partial charge in [-0.25, -0.2) is 0 Å². The van der Waals surface area contributed by atoms with Crippen LogP contribution in [0.5, 0.6) is 0 Å². The molecule has 0 amide bonds. The summed E-state index contributed by atoms with van der Waals surface area (Å²) in [4.78, 5) is 10.7. The van der Waals surface area contributed by atoms with Crippen LogP contribution in [-0.4, -0.2) is 15.9 Å². The van der Waals surface area contributed by atoms with E-state index in [1.807, 2.05) is 0 Å². The summed E-state index contributed by atoms with van der Waals surface area (Å²) in [7, 11) is 0. The van der Waals surface area contributed by atoms with Crippen LogP contribution in [0.2, 0.25) is 0 Å². The van der Waals surface area contributed by atoms with E-state index in [-0.39, 0.29) is 10.7 Å². The van der Waals surface area contributed by atoms with Gasteiger partial charge in [-0.2, -0.15) is 0 Å². The summed E-state index contributed by atoms with van der Waals surface area (Å²) in [5, 5.41) is 8.68. The number of hydrogen-bond donors (Lipinski definition) is 1. The molecule has 0 heterocycles. The van der Waals surface area contributed by atoms with E-state index >= 15 is 0 Å². The van der Waals surface area contributed by atoms with Gasteiger partial charge in [-0.05, 0) is 12.8 Å². The lowest BCUT2D eigenvalue weighted by Crippen LogP contribution is -2.26. The summed E-state index contributed by atoms with van der Waals surface area (Å²) in [6.07, 6.45) is 4.08. The van der Waals surface area contributed by atoms with Crippen LogP contribution in [0.4, 0.5) is 0 Å². The van der Waals surface area contributed by atoms with Crippen LogP contribution in [0.1, 0.15) is 25.7 Å². The maximum Gasteiger partial charge on any atom is 0.307 e. The van der Waals surface area contributed by atoms with Gasteiger partial charge in [0, 0.05) is 4.83 Å². The highest BCUT2D eigenvalue weighted by molar-refractivity contribution is 9.09. The molecule has 10 heavy (non-hydrogen) atoms. The summed E-state index contributed by atoms with van der Waals surface area (Å²) in [5.74, 6) is -0.796. The molecule has 1 saturated carbocycles. The third-order valence-corrected chi connectivity index (χ3v) is 3.09. The first-order valence-corrected chi connectivity index (χ1v) is 4.50. The van der Waals surface area contributed by atoms with E-state index in [1.165, 1.54) is 6.42 Å². The molecule has 0 radical (unpaired) electrons. The molecule has 1 fully saturated rings. The number of aliphatic carboxylic acids is 1. The second-order valence-electron chi connectivity index (χ2n) is 2.75. The van der Waals surface area contributed by atoms with Crippen molar-refractivity contribution < 1.29 is 9.90 Å². The van der Waals surface area contributed by atoms with Crippen molar-refractivity contribution in [2.24, 2.45) is 5.92 Å². The Morgan fingerprint density at radius 3 is 2.40 bits per heavy atom. The highest BCUT2D eigenvalue weighted by atomic mass is 79.9. The zero-order valence-corrected chi connectivity index (χ0v) is 7.30. The molecule has 3 heteroatoms. The molecule has 0 aromatic carbocycles. The SMILES string of the molecule is O=C(O)C1CCCCC1Br. The van der Waals surface area contributed by atoms with Crippen LogP contribution in [0.15, 0.2) is 0 Å². The minimum absolute atomic E-state index is 0.145. The van der Waals surface area contributed by atoms with Crippen LogP contribution in [0.25, 0.3) is 0 Å². The molecule has 0 aromatic heterocycles. The van der Waals surface area contributed by atoms with Crippen LogP contribution in [-0.2, 0) is 4.79 Å². The quantitative estimate of drug-likeness (QED) is 0.668. The molecule has 2 atom stereocenters. The van der Waals surface area contributed by atoms with Gasteiger partial charge < -0.3 is 5.11 Å². The zero-order chi connectivity index (χ0) is 7.56. The Hall–Kier alpha value is -0.0500. The van der Waals surface area contributed by atoms with Crippen molar-refractivity contribution in [2.45, 2.75) is 30.5 Å². The summed E-state index contributed by atoms with van der Waals surface area (Å²) >= 11 is 3.37. The van der Waals surface area contributed by atoms with E-state index in [0.717, 1.165) is 19.3 Å². The second-order valence-corrected chi connectivity index (χ2v) is 3.92. The largest absolute Gasteiger partial charge is 0.481 e. The number of carboxylic acid groups (broad SMARTS) is 1. The van der Waals surface area contributed by atoms with E-state index in [1.54, 1.807) is 0 Å². The van der Waals surface area contributed by atoms with E-state index in [4.69, 9.17) is 5.11 Å². The third kappa shape index (κ3) is 1.72. The average molecular weight is 207 g/mol. The molecule has 1 rings (SSSR count). The minimum Gasteiger partial charge on any atom is -0.481 e. The van der Waals surface area contributed by atoms with Crippen molar-refractivity contribution in [3.8, 4) is 0 Å². The summed E-state index contributed by atoms with van der Waals surface area (Å²) < 4.78 is 0. The molecule has 0 aromatic rings. The number of hydrogen-bond acceptors (Lipinski definition) is 1. The predicted octanol–water partition coefficient (Wildman–Crippen LogP) is 2.02. The first-order chi connectivity index (χ1) is 4.72. The zero-order valence-electron chi connectivity index (χ0n) is 5.72. The molecule has 0 spiro atoms. The molecule has 2 unspecified atom stereocenters. The molecule has 0 bridgehead atoms. The molecule has 0 saturated heterocycles. The number of rotatable bonds is 1. The molecule has 0 aliphatic heterocycles. The first kappa shape index (κ1) is 8.05. The number of carbonyl (C=O) groups is 1. The molecular weight excluding hydrogens is 196 g/mol. The van der Waals surface area contributed by atoms with Gasteiger partial charge in [0.25, 0.3) is 0 Å². The smallest absolute Gasteiger partial charge is 0.307 e.